The predicted octanol–water partition coefficient (Wildman–Crippen LogP) is 4.94. The molecule has 116 valence electrons. The molecule has 22 heavy (non-hydrogen) atoms. The third-order valence-electron chi connectivity index (χ3n) is 4.15. The van der Waals surface area contributed by atoms with Crippen molar-refractivity contribution in [3.05, 3.63) is 46.3 Å². The molecule has 0 bridgehead atoms. The molecule has 3 rings (SSSR count). The van der Waals surface area contributed by atoms with Gasteiger partial charge in [-0.3, -0.25) is 4.79 Å². The molecule has 1 heterocycles. The predicted molar refractivity (Wildman–Crippen MR) is 86.5 cm³/mol. The lowest BCUT2D eigenvalue weighted by Gasteiger charge is -2.18. The fraction of sp³-hybridized carbons (Fsp3) is 0.412. The van der Waals surface area contributed by atoms with Crippen LogP contribution in [0.25, 0.3) is 0 Å². The molecular formula is C17H19ClN2O2. The van der Waals surface area contributed by atoms with Gasteiger partial charge in [0, 0.05) is 12.0 Å². The summed E-state index contributed by atoms with van der Waals surface area (Å²) in [6.07, 6.45) is 5.97. The molecule has 0 radical (unpaired) electrons. The van der Waals surface area contributed by atoms with Crippen molar-refractivity contribution < 1.29 is 9.32 Å². The van der Waals surface area contributed by atoms with Crippen molar-refractivity contribution >= 4 is 23.2 Å². The highest BCUT2D eigenvalue weighted by Crippen LogP contribution is 2.32. The van der Waals surface area contributed by atoms with E-state index in [1.165, 1.54) is 19.3 Å². The first kappa shape index (κ1) is 15.1. The summed E-state index contributed by atoms with van der Waals surface area (Å²) in [7, 11) is 0. The maximum absolute atomic E-state index is 12.2. The highest BCUT2D eigenvalue weighted by Gasteiger charge is 2.21. The SMILES string of the molecule is Cc1ccc(NC(=O)c2cc(C3CCCCC3)no2)c(Cl)c1. The Morgan fingerprint density at radius 3 is 2.77 bits per heavy atom. The van der Waals surface area contributed by atoms with Crippen LogP contribution in [0.15, 0.2) is 28.8 Å². The molecule has 1 amide bonds. The number of benzene rings is 1. The van der Waals surface area contributed by atoms with E-state index < -0.39 is 0 Å². The maximum Gasteiger partial charge on any atom is 0.294 e. The molecule has 4 nitrogen and oxygen atoms in total. The van der Waals surface area contributed by atoms with Gasteiger partial charge in [0.05, 0.1) is 16.4 Å². The largest absolute Gasteiger partial charge is 0.351 e. The van der Waals surface area contributed by atoms with Gasteiger partial charge < -0.3 is 9.84 Å². The smallest absolute Gasteiger partial charge is 0.294 e. The third-order valence-corrected chi connectivity index (χ3v) is 4.46. The van der Waals surface area contributed by atoms with E-state index in [0.29, 0.717) is 16.6 Å². The number of aryl methyl sites for hydroxylation is 1. The van der Waals surface area contributed by atoms with Crippen molar-refractivity contribution in [3.63, 3.8) is 0 Å². The fourth-order valence-electron chi connectivity index (χ4n) is 2.89. The zero-order valence-corrected chi connectivity index (χ0v) is 13.3. The Morgan fingerprint density at radius 1 is 1.27 bits per heavy atom. The van der Waals surface area contributed by atoms with Crippen LogP contribution < -0.4 is 5.32 Å². The van der Waals surface area contributed by atoms with Gasteiger partial charge in [-0.25, -0.2) is 0 Å². The van der Waals surface area contributed by atoms with Crippen LogP contribution in [0.5, 0.6) is 0 Å². The second-order valence-corrected chi connectivity index (χ2v) is 6.30. The van der Waals surface area contributed by atoms with E-state index in [2.05, 4.69) is 10.5 Å². The lowest BCUT2D eigenvalue weighted by atomic mass is 9.87. The molecule has 5 heteroatoms. The molecule has 1 aliphatic rings. The third kappa shape index (κ3) is 3.33. The fourth-order valence-corrected chi connectivity index (χ4v) is 3.17. The number of amides is 1. The highest BCUT2D eigenvalue weighted by atomic mass is 35.5. The van der Waals surface area contributed by atoms with Crippen LogP contribution in [-0.4, -0.2) is 11.1 Å². The number of carbonyl (C=O) groups excluding carboxylic acids is 1. The van der Waals surface area contributed by atoms with Crippen molar-refractivity contribution in [1.29, 1.82) is 0 Å². The summed E-state index contributed by atoms with van der Waals surface area (Å²) in [6, 6.07) is 7.25. The number of aromatic nitrogens is 1. The molecule has 1 aromatic heterocycles. The lowest BCUT2D eigenvalue weighted by Crippen LogP contribution is -2.11. The van der Waals surface area contributed by atoms with Gasteiger partial charge in [-0.15, -0.1) is 0 Å². The van der Waals surface area contributed by atoms with Gasteiger partial charge in [0.15, 0.2) is 0 Å². The van der Waals surface area contributed by atoms with Gasteiger partial charge in [0.25, 0.3) is 5.91 Å². The van der Waals surface area contributed by atoms with E-state index >= 15 is 0 Å². The number of carbonyl (C=O) groups is 1. The Bertz CT molecular complexity index is 675. The summed E-state index contributed by atoms with van der Waals surface area (Å²) in [4.78, 5) is 12.2. The number of nitrogens with zero attached hydrogens (tertiary/aromatic N) is 1. The van der Waals surface area contributed by atoms with Crippen molar-refractivity contribution in [2.75, 3.05) is 5.32 Å². The average molecular weight is 319 g/mol. The molecule has 1 aliphatic carbocycles. The lowest BCUT2D eigenvalue weighted by molar-refractivity contribution is 0.0987. The van der Waals surface area contributed by atoms with Crippen LogP contribution in [0.3, 0.4) is 0 Å². The van der Waals surface area contributed by atoms with E-state index in [9.17, 15) is 4.79 Å². The molecule has 1 aromatic carbocycles. The van der Waals surface area contributed by atoms with Crippen LogP contribution in [0.2, 0.25) is 5.02 Å². The Hall–Kier alpha value is -1.81. The summed E-state index contributed by atoms with van der Waals surface area (Å²) < 4.78 is 5.21. The molecule has 0 saturated heterocycles. The first-order valence-corrected chi connectivity index (χ1v) is 8.05. The minimum atomic E-state index is -0.319. The van der Waals surface area contributed by atoms with Crippen molar-refractivity contribution in [2.45, 2.75) is 44.9 Å². The summed E-state index contributed by atoms with van der Waals surface area (Å²) in [5, 5.41) is 7.35. The molecule has 0 aliphatic heterocycles. The minimum Gasteiger partial charge on any atom is -0.351 e. The number of anilines is 1. The Morgan fingerprint density at radius 2 is 2.05 bits per heavy atom. The average Bonchev–Trinajstić information content (AvgIpc) is 3.01. The number of rotatable bonds is 3. The minimum absolute atomic E-state index is 0.234. The molecule has 0 unspecified atom stereocenters. The Kier molecular flexibility index (Phi) is 4.48. The van der Waals surface area contributed by atoms with Crippen LogP contribution in [-0.2, 0) is 0 Å². The zero-order valence-electron chi connectivity index (χ0n) is 12.6. The van der Waals surface area contributed by atoms with Gasteiger partial charge >= 0.3 is 0 Å². The van der Waals surface area contributed by atoms with Gasteiger partial charge in [-0.1, -0.05) is 42.1 Å². The van der Waals surface area contributed by atoms with Gasteiger partial charge in [-0.2, -0.15) is 0 Å². The Balaban J connectivity index is 1.71. The normalized spacial score (nSPS) is 15.7. The highest BCUT2D eigenvalue weighted by molar-refractivity contribution is 6.34. The monoisotopic (exact) mass is 318 g/mol. The summed E-state index contributed by atoms with van der Waals surface area (Å²) >= 11 is 6.13. The first-order chi connectivity index (χ1) is 10.6. The topological polar surface area (TPSA) is 55.1 Å². The quantitative estimate of drug-likeness (QED) is 0.872. The van der Waals surface area contributed by atoms with Gasteiger partial charge in [0.1, 0.15) is 0 Å². The van der Waals surface area contributed by atoms with E-state index in [-0.39, 0.29) is 11.7 Å². The number of halogens is 1. The number of hydrogen-bond acceptors (Lipinski definition) is 3. The number of nitrogens with one attached hydrogen (secondary N) is 1. The van der Waals surface area contributed by atoms with E-state index in [1.807, 2.05) is 19.1 Å². The van der Waals surface area contributed by atoms with E-state index in [1.54, 1.807) is 12.1 Å². The second kappa shape index (κ2) is 6.53. The maximum atomic E-state index is 12.2. The number of hydrogen-bond donors (Lipinski definition) is 1. The molecular weight excluding hydrogens is 300 g/mol. The standard InChI is InChI=1S/C17H19ClN2O2/c1-11-7-8-14(13(18)9-11)19-17(21)16-10-15(20-22-16)12-5-3-2-4-6-12/h7-10,12H,2-6H2,1H3,(H,19,21). The molecule has 2 aromatic rings. The summed E-state index contributed by atoms with van der Waals surface area (Å²) in [5.41, 5.74) is 2.51. The van der Waals surface area contributed by atoms with Gasteiger partial charge in [-0.05, 0) is 37.5 Å². The van der Waals surface area contributed by atoms with Crippen LogP contribution in [0.1, 0.15) is 59.8 Å². The molecule has 0 atom stereocenters. The summed E-state index contributed by atoms with van der Waals surface area (Å²) in [5.74, 6) is 0.333. The van der Waals surface area contributed by atoms with Crippen LogP contribution in [0.4, 0.5) is 5.69 Å². The zero-order chi connectivity index (χ0) is 15.5. The van der Waals surface area contributed by atoms with Gasteiger partial charge in [0.2, 0.25) is 5.76 Å². The van der Waals surface area contributed by atoms with Crippen molar-refractivity contribution in [2.24, 2.45) is 0 Å². The molecule has 1 fully saturated rings. The van der Waals surface area contributed by atoms with Crippen LogP contribution >= 0.6 is 11.6 Å². The summed E-state index contributed by atoms with van der Waals surface area (Å²) in [6.45, 7) is 1.95. The first-order valence-electron chi connectivity index (χ1n) is 7.67. The Labute approximate surface area is 134 Å². The van der Waals surface area contributed by atoms with E-state index in [4.69, 9.17) is 16.1 Å². The molecule has 0 spiro atoms. The van der Waals surface area contributed by atoms with Crippen LogP contribution in [0, 0.1) is 6.92 Å². The molecule has 1 saturated carbocycles. The van der Waals surface area contributed by atoms with Crippen molar-refractivity contribution in [3.8, 4) is 0 Å². The second-order valence-electron chi connectivity index (χ2n) is 5.89. The van der Waals surface area contributed by atoms with E-state index in [0.717, 1.165) is 24.1 Å². The van der Waals surface area contributed by atoms with Crippen molar-refractivity contribution in [1.82, 2.24) is 5.16 Å². The molecule has 1 N–H and O–H groups in total.